The Morgan fingerprint density at radius 2 is 2.12 bits per heavy atom. The van der Waals surface area contributed by atoms with Crippen molar-refractivity contribution >= 4 is 17.4 Å². The molecule has 86 valence electrons. The summed E-state index contributed by atoms with van der Waals surface area (Å²) in [6, 6.07) is 4.13. The Morgan fingerprint density at radius 1 is 1.44 bits per heavy atom. The van der Waals surface area contributed by atoms with Gasteiger partial charge in [0.1, 0.15) is 0 Å². The van der Waals surface area contributed by atoms with E-state index in [9.17, 15) is 13.2 Å². The van der Waals surface area contributed by atoms with Crippen molar-refractivity contribution in [2.45, 2.75) is 11.1 Å². The lowest BCUT2D eigenvalue weighted by atomic mass is 10.1. The summed E-state index contributed by atoms with van der Waals surface area (Å²) in [6.07, 6.45) is 2.35. The lowest BCUT2D eigenvalue weighted by Gasteiger charge is -2.14. The number of thioether (sulfide) groups is 1. The second-order valence-electron chi connectivity index (χ2n) is 2.97. The van der Waals surface area contributed by atoms with E-state index in [0.29, 0.717) is 4.90 Å². The van der Waals surface area contributed by atoms with Crippen LogP contribution in [0.15, 0.2) is 23.1 Å². The summed E-state index contributed by atoms with van der Waals surface area (Å²) in [6.45, 7) is 0.0711. The van der Waals surface area contributed by atoms with Crippen LogP contribution < -0.4 is 5.32 Å². The van der Waals surface area contributed by atoms with Crippen LogP contribution in [0.1, 0.15) is 5.56 Å². The fourth-order valence-electron chi connectivity index (χ4n) is 1.19. The molecule has 0 heterocycles. The topological polar surface area (TPSA) is 12.0 Å². The van der Waals surface area contributed by atoms with Gasteiger partial charge in [0.05, 0.1) is 12.1 Å². The number of halogens is 3. The first-order chi connectivity index (χ1) is 7.49. The van der Waals surface area contributed by atoms with Gasteiger partial charge in [-0.1, -0.05) is 5.92 Å². The van der Waals surface area contributed by atoms with E-state index in [1.165, 1.54) is 17.8 Å². The van der Waals surface area contributed by atoms with Crippen molar-refractivity contribution in [3.63, 3.8) is 0 Å². The largest absolute Gasteiger partial charge is 0.418 e. The molecule has 1 aromatic carbocycles. The second-order valence-corrected chi connectivity index (χ2v) is 3.85. The van der Waals surface area contributed by atoms with Crippen molar-refractivity contribution < 1.29 is 13.2 Å². The third kappa shape index (κ3) is 3.11. The van der Waals surface area contributed by atoms with E-state index in [-0.39, 0.29) is 12.2 Å². The zero-order chi connectivity index (χ0) is 12.2. The van der Waals surface area contributed by atoms with Gasteiger partial charge < -0.3 is 5.32 Å². The van der Waals surface area contributed by atoms with Crippen LogP contribution in [0.3, 0.4) is 0 Å². The smallest absolute Gasteiger partial charge is 0.374 e. The Bertz CT molecular complexity index is 407. The normalized spacial score (nSPS) is 10.9. The molecule has 0 unspecified atom stereocenters. The summed E-state index contributed by atoms with van der Waals surface area (Å²) >= 11 is 1.26. The van der Waals surface area contributed by atoms with Crippen LogP contribution in [0.4, 0.5) is 18.9 Å². The average Bonchev–Trinajstić information content (AvgIpc) is 2.25. The number of hydrogen-bond donors (Lipinski definition) is 1. The molecular formula is C11H10F3NS. The number of anilines is 1. The van der Waals surface area contributed by atoms with Gasteiger partial charge in [-0.25, -0.2) is 0 Å². The molecule has 0 aliphatic carbocycles. The van der Waals surface area contributed by atoms with Crippen LogP contribution in [-0.2, 0) is 6.18 Å². The maximum Gasteiger partial charge on any atom is 0.418 e. The number of alkyl halides is 3. The zero-order valence-electron chi connectivity index (χ0n) is 8.56. The summed E-state index contributed by atoms with van der Waals surface area (Å²) in [5, 5.41) is 2.56. The number of hydrogen-bond acceptors (Lipinski definition) is 2. The molecule has 1 N–H and O–H groups in total. The molecule has 1 aromatic rings. The standard InChI is InChI=1S/C11H10F3NS/c1-3-6-15-10-5-4-8(16-2)7-9(10)11(12,13)14/h1,4-5,7,15H,6H2,2H3. The fraction of sp³-hybridized carbons (Fsp3) is 0.273. The minimum atomic E-state index is -4.37. The third-order valence-electron chi connectivity index (χ3n) is 1.91. The molecule has 0 amide bonds. The van der Waals surface area contributed by atoms with Crippen molar-refractivity contribution in [1.29, 1.82) is 0 Å². The van der Waals surface area contributed by atoms with Crippen LogP contribution >= 0.6 is 11.8 Å². The molecule has 1 rings (SSSR count). The first-order valence-electron chi connectivity index (χ1n) is 4.41. The lowest BCUT2D eigenvalue weighted by molar-refractivity contribution is -0.137. The minimum absolute atomic E-state index is 0.0169. The van der Waals surface area contributed by atoms with Gasteiger partial charge in [0, 0.05) is 10.6 Å². The van der Waals surface area contributed by atoms with E-state index in [1.807, 2.05) is 0 Å². The number of benzene rings is 1. The highest BCUT2D eigenvalue weighted by molar-refractivity contribution is 7.98. The van der Waals surface area contributed by atoms with Gasteiger partial charge in [0.15, 0.2) is 0 Å². The van der Waals surface area contributed by atoms with E-state index < -0.39 is 11.7 Å². The molecule has 0 aliphatic rings. The fourth-order valence-corrected chi connectivity index (χ4v) is 1.63. The molecule has 0 radical (unpaired) electrons. The van der Waals surface area contributed by atoms with Gasteiger partial charge in [0.2, 0.25) is 0 Å². The average molecular weight is 245 g/mol. The summed E-state index contributed by atoms with van der Waals surface area (Å²) in [7, 11) is 0. The van der Waals surface area contributed by atoms with Crippen molar-refractivity contribution in [2.24, 2.45) is 0 Å². The highest BCUT2D eigenvalue weighted by atomic mass is 32.2. The molecule has 0 aromatic heterocycles. The number of terminal acetylenes is 1. The monoisotopic (exact) mass is 245 g/mol. The Balaban J connectivity index is 3.12. The molecule has 0 atom stereocenters. The van der Waals surface area contributed by atoms with Crippen LogP contribution in [0.2, 0.25) is 0 Å². The van der Waals surface area contributed by atoms with Gasteiger partial charge in [0.25, 0.3) is 0 Å². The van der Waals surface area contributed by atoms with Gasteiger partial charge in [-0.3, -0.25) is 0 Å². The Labute approximate surface area is 96.4 Å². The predicted molar refractivity (Wildman–Crippen MR) is 60.5 cm³/mol. The molecule has 0 fully saturated rings. The van der Waals surface area contributed by atoms with E-state index in [4.69, 9.17) is 6.42 Å². The van der Waals surface area contributed by atoms with Crippen LogP contribution in [0.5, 0.6) is 0 Å². The molecule has 0 spiro atoms. The lowest BCUT2D eigenvalue weighted by Crippen LogP contribution is -2.11. The molecular weight excluding hydrogens is 235 g/mol. The van der Waals surface area contributed by atoms with Crippen molar-refractivity contribution in [1.82, 2.24) is 0 Å². The molecule has 0 bridgehead atoms. The molecule has 0 aliphatic heterocycles. The van der Waals surface area contributed by atoms with E-state index in [2.05, 4.69) is 11.2 Å². The molecule has 0 saturated heterocycles. The minimum Gasteiger partial charge on any atom is -0.374 e. The molecule has 0 saturated carbocycles. The number of nitrogens with one attached hydrogen (secondary N) is 1. The van der Waals surface area contributed by atoms with Crippen LogP contribution in [-0.4, -0.2) is 12.8 Å². The quantitative estimate of drug-likeness (QED) is 0.646. The predicted octanol–water partition coefficient (Wildman–Crippen LogP) is 3.47. The summed E-state index contributed by atoms with van der Waals surface area (Å²) < 4.78 is 38.1. The second kappa shape index (κ2) is 5.17. The van der Waals surface area contributed by atoms with Gasteiger partial charge >= 0.3 is 6.18 Å². The Kier molecular flexibility index (Phi) is 4.13. The van der Waals surface area contributed by atoms with E-state index in [1.54, 1.807) is 12.3 Å². The highest BCUT2D eigenvalue weighted by Gasteiger charge is 2.33. The zero-order valence-corrected chi connectivity index (χ0v) is 9.38. The maximum atomic E-state index is 12.7. The first kappa shape index (κ1) is 12.8. The molecule has 5 heteroatoms. The SMILES string of the molecule is C#CCNc1ccc(SC)cc1C(F)(F)F. The van der Waals surface area contributed by atoms with Crippen molar-refractivity contribution in [3.05, 3.63) is 23.8 Å². The van der Waals surface area contributed by atoms with E-state index >= 15 is 0 Å². The van der Waals surface area contributed by atoms with Crippen LogP contribution in [0, 0.1) is 12.3 Å². The van der Waals surface area contributed by atoms with Crippen molar-refractivity contribution in [3.8, 4) is 12.3 Å². The summed E-state index contributed by atoms with van der Waals surface area (Å²) in [5.41, 5.74) is -0.669. The Hall–Kier alpha value is -1.28. The molecule has 1 nitrogen and oxygen atoms in total. The maximum absolute atomic E-state index is 12.7. The first-order valence-corrected chi connectivity index (χ1v) is 5.64. The third-order valence-corrected chi connectivity index (χ3v) is 2.64. The van der Waals surface area contributed by atoms with Gasteiger partial charge in [-0.05, 0) is 24.5 Å². The van der Waals surface area contributed by atoms with Gasteiger partial charge in [-0.2, -0.15) is 13.2 Å². The highest BCUT2D eigenvalue weighted by Crippen LogP contribution is 2.36. The van der Waals surface area contributed by atoms with Crippen molar-refractivity contribution in [2.75, 3.05) is 18.1 Å². The number of rotatable bonds is 3. The van der Waals surface area contributed by atoms with Crippen LogP contribution in [0.25, 0.3) is 0 Å². The Morgan fingerprint density at radius 3 is 2.62 bits per heavy atom. The summed E-state index contributed by atoms with van der Waals surface area (Å²) in [5.74, 6) is 2.24. The summed E-state index contributed by atoms with van der Waals surface area (Å²) in [4.78, 5) is 0.568. The van der Waals surface area contributed by atoms with Gasteiger partial charge in [-0.15, -0.1) is 18.2 Å². The van der Waals surface area contributed by atoms with E-state index in [0.717, 1.165) is 6.07 Å². The molecule has 16 heavy (non-hydrogen) atoms.